The van der Waals surface area contributed by atoms with Crippen LogP contribution in [-0.2, 0) is 23.7 Å². The summed E-state index contributed by atoms with van der Waals surface area (Å²) in [6, 6.07) is 0. The van der Waals surface area contributed by atoms with Crippen molar-refractivity contribution in [3.05, 3.63) is 0 Å². The van der Waals surface area contributed by atoms with E-state index in [1.807, 2.05) is 0 Å². The molecule has 5 saturated carbocycles. The third-order valence-corrected chi connectivity index (χ3v) is 17.6. The maximum Gasteiger partial charge on any atom is 0.187 e. The molecule has 0 aromatic heterocycles. The summed E-state index contributed by atoms with van der Waals surface area (Å²) in [6.07, 6.45) is -6.31. The number of fused-ring (bicyclic) bond motifs is 2. The van der Waals surface area contributed by atoms with E-state index in [1.165, 1.54) is 6.92 Å². The first kappa shape index (κ1) is 40.3. The molecule has 8 aliphatic rings. The van der Waals surface area contributed by atoms with Crippen LogP contribution in [0.2, 0.25) is 0 Å². The van der Waals surface area contributed by atoms with Crippen LogP contribution in [0.1, 0.15) is 113 Å². The minimum Gasteiger partial charge on any atom is -0.393 e. The third kappa shape index (κ3) is 5.43. The van der Waals surface area contributed by atoms with E-state index in [1.54, 1.807) is 13.8 Å². The second-order valence-corrected chi connectivity index (χ2v) is 21.0. The second kappa shape index (κ2) is 12.7. The minimum atomic E-state index is -1.61. The first-order valence-electron chi connectivity index (χ1n) is 20.7. The maximum atomic E-state index is 12.4. The molecule has 0 bridgehead atoms. The van der Waals surface area contributed by atoms with Crippen LogP contribution < -0.4 is 0 Å². The molecule has 8 N–H and O–H groups in total. The van der Waals surface area contributed by atoms with Gasteiger partial charge in [0.15, 0.2) is 12.6 Å². The van der Waals surface area contributed by atoms with Gasteiger partial charge in [-0.2, -0.15) is 0 Å². The molecule has 54 heavy (non-hydrogen) atoms. The lowest BCUT2D eigenvalue weighted by Crippen LogP contribution is -2.64. The van der Waals surface area contributed by atoms with E-state index >= 15 is 0 Å². The predicted octanol–water partition coefficient (Wildman–Crippen LogP) is 1.75. The summed E-state index contributed by atoms with van der Waals surface area (Å²) in [6.45, 7) is 16.1. The Bertz CT molecular complexity index is 1440. The fourth-order valence-corrected chi connectivity index (χ4v) is 14.8. The van der Waals surface area contributed by atoms with Gasteiger partial charge in [0.25, 0.3) is 0 Å². The largest absolute Gasteiger partial charge is 0.393 e. The van der Waals surface area contributed by atoms with Gasteiger partial charge in [0, 0.05) is 5.92 Å². The monoisotopic (exact) mass is 768 g/mol. The fraction of sp³-hybridized carbons (Fsp3) is 1.00. The molecule has 3 aliphatic heterocycles. The van der Waals surface area contributed by atoms with E-state index in [2.05, 4.69) is 34.6 Å². The Labute approximate surface area is 319 Å². The minimum absolute atomic E-state index is 0.0406. The lowest BCUT2D eigenvalue weighted by Gasteiger charge is -2.64. The van der Waals surface area contributed by atoms with E-state index in [0.717, 1.165) is 38.5 Å². The summed E-state index contributed by atoms with van der Waals surface area (Å²) in [4.78, 5) is 0. The van der Waals surface area contributed by atoms with Crippen LogP contribution >= 0.6 is 0 Å². The van der Waals surface area contributed by atoms with Gasteiger partial charge in [-0.15, -0.1) is 0 Å². The van der Waals surface area contributed by atoms with Crippen molar-refractivity contribution in [3.63, 3.8) is 0 Å². The summed E-state index contributed by atoms with van der Waals surface area (Å²) >= 11 is 0. The molecule has 0 radical (unpaired) electrons. The van der Waals surface area contributed by atoms with E-state index in [9.17, 15) is 40.9 Å². The number of rotatable bonds is 6. The van der Waals surface area contributed by atoms with Crippen molar-refractivity contribution in [2.75, 3.05) is 6.61 Å². The highest BCUT2D eigenvalue weighted by Crippen LogP contribution is 2.89. The van der Waals surface area contributed by atoms with E-state index in [-0.39, 0.29) is 52.1 Å². The SMILES string of the molecule is C[C@@H]1O[C@@H](O[C@H]2[C@H](O[C@@H]3CC[C@]45C[C@]46CC[C@]4(C)[C@@H]([C@]7(C)CC[C@@H](C(C)(C)O)O7)[C@H](O)C[C@@]4(C)[C@H]6C[C@@H](O)[C@@H]5C3(C)C)OC[C@@H](O)[C@@H]2O)[C@H](O)[C@@H](O)[C@H]1O. The highest BCUT2D eigenvalue weighted by Gasteiger charge is 2.85. The molecule has 2 spiro atoms. The first-order valence-corrected chi connectivity index (χ1v) is 20.7. The van der Waals surface area contributed by atoms with Crippen molar-refractivity contribution in [3.8, 4) is 0 Å². The highest BCUT2D eigenvalue weighted by atomic mass is 16.8. The Morgan fingerprint density at radius 1 is 0.685 bits per heavy atom. The average molecular weight is 769 g/mol. The van der Waals surface area contributed by atoms with Crippen LogP contribution in [0.4, 0.5) is 0 Å². The van der Waals surface area contributed by atoms with Gasteiger partial charge >= 0.3 is 0 Å². The highest BCUT2D eigenvalue weighted by molar-refractivity contribution is 5.33. The quantitative estimate of drug-likeness (QED) is 0.182. The third-order valence-electron chi connectivity index (χ3n) is 17.6. The standard InChI is InChI=1S/C41H68O13/c1-19-26(45)28(47)29(48)33(51-19)53-30-27(46)22(44)17-50-34(30)52-24-10-12-41-18-40(41)14-13-37(6)32(39(8)11-9-25(54-39)36(4,5)49)21(43)16-38(37,7)23(40)15-20(42)31(41)35(24,2)3/h19-34,42-49H,9-18H2,1-8H3/t19-,20+,21+,22+,23+,24+,25-,26-,27-,28-,29+,30+,31+,32-,33-,34-,37+,38-,39-,40-,41+/m0/s1. The predicted molar refractivity (Wildman–Crippen MR) is 192 cm³/mol. The molecule has 3 saturated heterocycles. The average Bonchev–Trinajstić information content (AvgIpc) is 3.43. The Morgan fingerprint density at radius 3 is 2.06 bits per heavy atom. The zero-order valence-electron chi connectivity index (χ0n) is 33.4. The molecule has 13 heteroatoms. The van der Waals surface area contributed by atoms with Crippen molar-refractivity contribution in [1.82, 2.24) is 0 Å². The van der Waals surface area contributed by atoms with Crippen molar-refractivity contribution in [1.29, 1.82) is 0 Å². The molecule has 13 nitrogen and oxygen atoms in total. The normalized spacial score (nSPS) is 59.6. The Morgan fingerprint density at radius 2 is 1.39 bits per heavy atom. The molecular formula is C41H68O13. The van der Waals surface area contributed by atoms with Crippen LogP contribution in [-0.4, -0.2) is 138 Å². The van der Waals surface area contributed by atoms with Gasteiger partial charge in [-0.25, -0.2) is 0 Å². The van der Waals surface area contributed by atoms with Crippen molar-refractivity contribution >= 4 is 0 Å². The van der Waals surface area contributed by atoms with Crippen molar-refractivity contribution in [2.24, 2.45) is 44.8 Å². The zero-order valence-corrected chi connectivity index (χ0v) is 33.4. The Kier molecular flexibility index (Phi) is 9.50. The Balaban J connectivity index is 1.02. The van der Waals surface area contributed by atoms with Crippen LogP contribution in [0.15, 0.2) is 0 Å². The number of aliphatic hydroxyl groups excluding tert-OH is 7. The van der Waals surface area contributed by atoms with Gasteiger partial charge in [-0.05, 0) is 124 Å². The smallest absolute Gasteiger partial charge is 0.187 e. The molecule has 21 atom stereocenters. The molecular weight excluding hydrogens is 700 g/mol. The summed E-state index contributed by atoms with van der Waals surface area (Å²) in [5, 5.41) is 88.1. The number of aliphatic hydroxyl groups is 8. The Hall–Kier alpha value is -0.520. The number of hydrogen-bond donors (Lipinski definition) is 8. The van der Waals surface area contributed by atoms with Gasteiger partial charge in [-0.3, -0.25) is 0 Å². The molecule has 8 rings (SSSR count). The van der Waals surface area contributed by atoms with Crippen molar-refractivity contribution in [2.45, 2.75) is 204 Å². The summed E-state index contributed by atoms with van der Waals surface area (Å²) in [5.74, 6) is 0.0751. The lowest BCUT2D eigenvalue weighted by molar-refractivity contribution is -0.364. The summed E-state index contributed by atoms with van der Waals surface area (Å²) < 4.78 is 31.1. The second-order valence-electron chi connectivity index (χ2n) is 21.0. The topological polar surface area (TPSA) is 208 Å². The van der Waals surface area contributed by atoms with Crippen LogP contribution in [0.25, 0.3) is 0 Å². The molecule has 310 valence electrons. The molecule has 0 aromatic rings. The summed E-state index contributed by atoms with van der Waals surface area (Å²) in [7, 11) is 0. The van der Waals surface area contributed by atoms with E-state index in [4.69, 9.17) is 23.7 Å². The molecule has 0 amide bonds. The number of ether oxygens (including phenoxy) is 5. The van der Waals surface area contributed by atoms with Gasteiger partial charge in [0.2, 0.25) is 0 Å². The molecule has 0 aromatic carbocycles. The van der Waals surface area contributed by atoms with Gasteiger partial charge in [-0.1, -0.05) is 27.7 Å². The van der Waals surface area contributed by atoms with E-state index in [0.29, 0.717) is 19.3 Å². The van der Waals surface area contributed by atoms with Crippen LogP contribution in [0.3, 0.4) is 0 Å². The first-order chi connectivity index (χ1) is 25.0. The molecule has 5 aliphatic carbocycles. The molecule has 3 heterocycles. The zero-order chi connectivity index (χ0) is 39.3. The van der Waals surface area contributed by atoms with Gasteiger partial charge < -0.3 is 64.5 Å². The molecule has 8 fully saturated rings. The fourth-order valence-electron chi connectivity index (χ4n) is 14.8. The maximum absolute atomic E-state index is 12.4. The van der Waals surface area contributed by atoms with Crippen molar-refractivity contribution < 1.29 is 64.5 Å². The number of hydrogen-bond acceptors (Lipinski definition) is 13. The lowest BCUT2D eigenvalue weighted by atomic mass is 9.41. The van der Waals surface area contributed by atoms with Crippen LogP contribution in [0.5, 0.6) is 0 Å². The van der Waals surface area contributed by atoms with Gasteiger partial charge in [0.05, 0.1) is 48.3 Å². The van der Waals surface area contributed by atoms with Gasteiger partial charge in [0.1, 0.15) is 36.6 Å². The molecule has 0 unspecified atom stereocenters. The van der Waals surface area contributed by atoms with Crippen LogP contribution in [0, 0.1) is 44.8 Å². The summed E-state index contributed by atoms with van der Waals surface area (Å²) in [5.41, 5.74) is -2.51. The van der Waals surface area contributed by atoms with E-state index < -0.39 is 90.2 Å².